The molecule has 0 aliphatic rings. The van der Waals surface area contributed by atoms with Crippen LogP contribution in [0.4, 0.5) is 23.4 Å². The van der Waals surface area contributed by atoms with Gasteiger partial charge in [-0.1, -0.05) is 11.6 Å². The molecule has 0 atom stereocenters. The molecule has 0 aliphatic heterocycles. The van der Waals surface area contributed by atoms with Crippen molar-refractivity contribution >= 4 is 17.4 Å². The standard InChI is InChI=1S/C9H6ClF4N3/c10-6-1-5(3-15)2-7(17-6)16-4-9(13,14)8(11)12/h1-2,8H,4H2,(H,16,17). The maximum absolute atomic E-state index is 12.6. The summed E-state index contributed by atoms with van der Waals surface area (Å²) in [5.74, 6) is -4.33. The summed E-state index contributed by atoms with van der Waals surface area (Å²) in [4.78, 5) is 3.57. The number of nitriles is 1. The predicted octanol–water partition coefficient (Wildman–Crippen LogP) is 2.92. The summed E-state index contributed by atoms with van der Waals surface area (Å²) in [5.41, 5.74) is 0.0906. The highest BCUT2D eigenvalue weighted by Crippen LogP contribution is 2.23. The molecule has 1 N–H and O–H groups in total. The first-order valence-electron chi connectivity index (χ1n) is 4.32. The maximum Gasteiger partial charge on any atom is 0.324 e. The molecule has 1 rings (SSSR count). The Kier molecular flexibility index (Phi) is 4.12. The summed E-state index contributed by atoms with van der Waals surface area (Å²) in [6.45, 7) is -1.29. The predicted molar refractivity (Wildman–Crippen MR) is 53.4 cm³/mol. The highest BCUT2D eigenvalue weighted by Gasteiger charge is 2.40. The molecular weight excluding hydrogens is 262 g/mol. The molecule has 0 bridgehead atoms. The zero-order chi connectivity index (χ0) is 13.1. The lowest BCUT2D eigenvalue weighted by atomic mass is 10.3. The molecule has 0 saturated heterocycles. The molecule has 0 aromatic carbocycles. The fraction of sp³-hybridized carbons (Fsp3) is 0.333. The molecule has 0 amide bonds. The van der Waals surface area contributed by atoms with Crippen molar-refractivity contribution in [1.82, 2.24) is 4.98 Å². The van der Waals surface area contributed by atoms with Gasteiger partial charge in [0.2, 0.25) is 0 Å². The van der Waals surface area contributed by atoms with Gasteiger partial charge in [-0.25, -0.2) is 13.8 Å². The van der Waals surface area contributed by atoms with E-state index in [1.807, 2.05) is 5.32 Å². The third-order valence-corrected chi connectivity index (χ3v) is 1.94. The monoisotopic (exact) mass is 267 g/mol. The minimum absolute atomic E-state index is 0.0906. The van der Waals surface area contributed by atoms with E-state index in [0.717, 1.165) is 6.07 Å². The van der Waals surface area contributed by atoms with Crippen LogP contribution in [0.5, 0.6) is 0 Å². The molecule has 3 nitrogen and oxygen atoms in total. The minimum atomic E-state index is -4.17. The molecule has 17 heavy (non-hydrogen) atoms. The molecule has 0 radical (unpaired) electrons. The quantitative estimate of drug-likeness (QED) is 0.674. The van der Waals surface area contributed by atoms with E-state index in [0.29, 0.717) is 0 Å². The Bertz CT molecular complexity index is 444. The average molecular weight is 268 g/mol. The summed E-state index contributed by atoms with van der Waals surface area (Å²) >= 11 is 5.50. The summed E-state index contributed by atoms with van der Waals surface area (Å²) < 4.78 is 48.9. The second-order valence-electron chi connectivity index (χ2n) is 3.09. The molecule has 0 fully saturated rings. The van der Waals surface area contributed by atoms with E-state index >= 15 is 0 Å². The van der Waals surface area contributed by atoms with E-state index in [9.17, 15) is 17.6 Å². The lowest BCUT2D eigenvalue weighted by Crippen LogP contribution is -2.35. The van der Waals surface area contributed by atoms with Gasteiger partial charge in [-0.2, -0.15) is 14.0 Å². The maximum atomic E-state index is 12.6. The molecular formula is C9H6ClF4N3. The summed E-state index contributed by atoms with van der Waals surface area (Å²) in [7, 11) is 0. The number of anilines is 1. The van der Waals surface area contributed by atoms with Crippen LogP contribution in [0, 0.1) is 11.3 Å². The number of hydrogen-bond acceptors (Lipinski definition) is 3. The van der Waals surface area contributed by atoms with Crippen LogP contribution in [0.1, 0.15) is 5.56 Å². The first kappa shape index (κ1) is 13.5. The van der Waals surface area contributed by atoms with Crippen LogP contribution >= 0.6 is 11.6 Å². The van der Waals surface area contributed by atoms with Crippen LogP contribution in [0.2, 0.25) is 5.15 Å². The zero-order valence-corrected chi connectivity index (χ0v) is 8.98. The number of nitrogens with zero attached hydrogens (tertiary/aromatic N) is 2. The normalized spacial score (nSPS) is 11.4. The zero-order valence-electron chi connectivity index (χ0n) is 8.22. The van der Waals surface area contributed by atoms with Crippen LogP contribution in [0.15, 0.2) is 12.1 Å². The number of aromatic nitrogens is 1. The number of halogens is 5. The first-order chi connectivity index (χ1) is 7.85. The Labute approximate surface area is 99.0 Å². The molecule has 1 aromatic rings. The van der Waals surface area contributed by atoms with Crippen molar-refractivity contribution in [3.8, 4) is 6.07 Å². The van der Waals surface area contributed by atoms with E-state index in [4.69, 9.17) is 16.9 Å². The summed E-state index contributed by atoms with van der Waals surface area (Å²) in [5, 5.41) is 10.5. The lowest BCUT2D eigenvalue weighted by molar-refractivity contribution is -0.117. The number of alkyl halides is 4. The third-order valence-electron chi connectivity index (χ3n) is 1.75. The van der Waals surface area contributed by atoms with Crippen molar-refractivity contribution in [2.24, 2.45) is 0 Å². The van der Waals surface area contributed by atoms with Gasteiger partial charge in [-0.05, 0) is 12.1 Å². The fourth-order valence-electron chi connectivity index (χ4n) is 0.938. The largest absolute Gasteiger partial charge is 0.364 e. The van der Waals surface area contributed by atoms with Crippen molar-refractivity contribution in [2.75, 3.05) is 11.9 Å². The Morgan fingerprint density at radius 3 is 2.65 bits per heavy atom. The third kappa shape index (κ3) is 3.75. The van der Waals surface area contributed by atoms with Crippen LogP contribution < -0.4 is 5.32 Å². The average Bonchev–Trinajstić information content (AvgIpc) is 2.25. The van der Waals surface area contributed by atoms with Gasteiger partial charge in [0.25, 0.3) is 0 Å². The Hall–Kier alpha value is -1.55. The van der Waals surface area contributed by atoms with Crippen LogP contribution in [0.3, 0.4) is 0 Å². The molecule has 0 unspecified atom stereocenters. The van der Waals surface area contributed by atoms with Crippen LogP contribution in [-0.4, -0.2) is 23.9 Å². The molecule has 8 heteroatoms. The molecule has 0 spiro atoms. The van der Waals surface area contributed by atoms with E-state index in [1.54, 1.807) is 6.07 Å². The van der Waals surface area contributed by atoms with E-state index in [2.05, 4.69) is 4.98 Å². The van der Waals surface area contributed by atoms with Gasteiger partial charge in [0.15, 0.2) is 0 Å². The molecule has 1 aromatic heterocycles. The Morgan fingerprint density at radius 1 is 1.47 bits per heavy atom. The second-order valence-corrected chi connectivity index (χ2v) is 3.48. The minimum Gasteiger partial charge on any atom is -0.364 e. The number of hydrogen-bond donors (Lipinski definition) is 1. The molecule has 0 saturated carbocycles. The molecule has 92 valence electrons. The van der Waals surface area contributed by atoms with Crippen LogP contribution in [0.25, 0.3) is 0 Å². The summed E-state index contributed by atoms with van der Waals surface area (Å²) in [6.07, 6.45) is -3.77. The SMILES string of the molecule is N#Cc1cc(Cl)nc(NCC(F)(F)C(F)F)c1. The van der Waals surface area contributed by atoms with E-state index in [-0.39, 0.29) is 16.5 Å². The molecule has 0 aliphatic carbocycles. The smallest absolute Gasteiger partial charge is 0.324 e. The van der Waals surface area contributed by atoms with Gasteiger partial charge in [0.05, 0.1) is 18.2 Å². The first-order valence-corrected chi connectivity index (χ1v) is 4.70. The fourth-order valence-corrected chi connectivity index (χ4v) is 1.15. The Balaban J connectivity index is 2.77. The van der Waals surface area contributed by atoms with Crippen molar-refractivity contribution in [2.45, 2.75) is 12.3 Å². The van der Waals surface area contributed by atoms with Crippen LogP contribution in [-0.2, 0) is 0 Å². The topological polar surface area (TPSA) is 48.7 Å². The van der Waals surface area contributed by atoms with E-state index in [1.165, 1.54) is 6.07 Å². The van der Waals surface area contributed by atoms with Crippen molar-refractivity contribution < 1.29 is 17.6 Å². The van der Waals surface area contributed by atoms with Crippen molar-refractivity contribution in [3.63, 3.8) is 0 Å². The number of pyridine rings is 1. The van der Waals surface area contributed by atoms with Gasteiger partial charge < -0.3 is 5.32 Å². The second kappa shape index (κ2) is 5.19. The highest BCUT2D eigenvalue weighted by atomic mass is 35.5. The van der Waals surface area contributed by atoms with Crippen molar-refractivity contribution in [3.05, 3.63) is 22.8 Å². The van der Waals surface area contributed by atoms with Gasteiger partial charge in [-0.15, -0.1) is 0 Å². The number of nitrogens with one attached hydrogen (secondary N) is 1. The molecule has 1 heterocycles. The number of rotatable bonds is 4. The lowest BCUT2D eigenvalue weighted by Gasteiger charge is -2.16. The van der Waals surface area contributed by atoms with Crippen molar-refractivity contribution in [1.29, 1.82) is 5.26 Å². The van der Waals surface area contributed by atoms with Gasteiger partial charge in [0, 0.05) is 0 Å². The van der Waals surface area contributed by atoms with Gasteiger partial charge in [0.1, 0.15) is 11.0 Å². The highest BCUT2D eigenvalue weighted by molar-refractivity contribution is 6.29. The Morgan fingerprint density at radius 2 is 2.12 bits per heavy atom. The summed E-state index contributed by atoms with van der Waals surface area (Å²) in [6, 6.07) is 4.08. The van der Waals surface area contributed by atoms with E-state index < -0.39 is 18.9 Å². The van der Waals surface area contributed by atoms with Gasteiger partial charge in [-0.3, -0.25) is 0 Å². The van der Waals surface area contributed by atoms with Gasteiger partial charge >= 0.3 is 12.3 Å².